The van der Waals surface area contributed by atoms with Crippen LogP contribution in [0.3, 0.4) is 0 Å². The maximum Gasteiger partial charge on any atom is 0.251 e. The molecule has 2 unspecified atom stereocenters. The topological polar surface area (TPSA) is 67.0 Å². The summed E-state index contributed by atoms with van der Waals surface area (Å²) in [6.45, 7) is 6.64. The van der Waals surface area contributed by atoms with Crippen LogP contribution >= 0.6 is 11.8 Å². The van der Waals surface area contributed by atoms with Crippen molar-refractivity contribution in [3.8, 4) is 0 Å². The van der Waals surface area contributed by atoms with Crippen LogP contribution in [-0.2, 0) is 11.2 Å². The molecule has 2 atom stereocenters. The van der Waals surface area contributed by atoms with E-state index in [2.05, 4.69) is 29.1 Å². The normalized spacial score (nSPS) is 22.9. The number of rotatable bonds is 6. The highest BCUT2D eigenvalue weighted by Crippen LogP contribution is 2.26. The second-order valence-corrected chi connectivity index (χ2v) is 6.20. The van der Waals surface area contributed by atoms with Crippen LogP contribution in [0.25, 0.3) is 0 Å². The summed E-state index contributed by atoms with van der Waals surface area (Å²) in [4.78, 5) is 19.0. The smallest absolute Gasteiger partial charge is 0.251 e. The van der Waals surface area contributed by atoms with E-state index in [4.69, 9.17) is 4.74 Å². The Morgan fingerprint density at radius 3 is 3.15 bits per heavy atom. The average Bonchev–Trinajstić information content (AvgIpc) is 2.41. The molecule has 2 heterocycles. The molecule has 2 N–H and O–H groups in total. The van der Waals surface area contributed by atoms with E-state index >= 15 is 0 Å². The lowest BCUT2D eigenvalue weighted by Gasteiger charge is -2.31. The van der Waals surface area contributed by atoms with E-state index in [9.17, 15) is 4.79 Å². The molecule has 0 aromatic carbocycles. The quantitative estimate of drug-likeness (QED) is 0.780. The lowest BCUT2D eigenvalue weighted by molar-refractivity contribution is 0.0836. The van der Waals surface area contributed by atoms with Gasteiger partial charge in [-0.05, 0) is 19.4 Å². The average molecular weight is 297 g/mol. The lowest BCUT2D eigenvalue weighted by Crippen LogP contribution is -2.44. The van der Waals surface area contributed by atoms with Crippen molar-refractivity contribution >= 4 is 11.8 Å². The number of H-pyrrole nitrogens is 1. The molecule has 1 aliphatic rings. The maximum absolute atomic E-state index is 11.7. The van der Waals surface area contributed by atoms with Crippen LogP contribution in [0, 0.1) is 0 Å². The van der Waals surface area contributed by atoms with E-state index in [0.29, 0.717) is 23.1 Å². The number of aromatic nitrogens is 2. The van der Waals surface area contributed by atoms with Gasteiger partial charge in [0.05, 0.1) is 11.9 Å². The zero-order valence-corrected chi connectivity index (χ0v) is 13.0. The van der Waals surface area contributed by atoms with Crippen molar-refractivity contribution in [2.75, 3.05) is 19.8 Å². The van der Waals surface area contributed by atoms with Gasteiger partial charge in [-0.25, -0.2) is 4.98 Å². The van der Waals surface area contributed by atoms with Gasteiger partial charge in [-0.1, -0.05) is 32.0 Å². The monoisotopic (exact) mass is 297 g/mol. The standard InChI is InChI=1S/C14H23N3O2S/c1-3-5-10-8-13(18)17-14(16-10)20-12-9-19-7-6-11(12)15-4-2/h8,11-12,15H,3-7,9H2,1-2H3,(H,16,17,18). The number of hydrogen-bond acceptors (Lipinski definition) is 5. The van der Waals surface area contributed by atoms with Gasteiger partial charge in [0.2, 0.25) is 0 Å². The number of aromatic amines is 1. The Hall–Kier alpha value is -0.850. The van der Waals surface area contributed by atoms with Crippen LogP contribution in [0.15, 0.2) is 16.0 Å². The lowest BCUT2D eigenvalue weighted by atomic mass is 10.1. The van der Waals surface area contributed by atoms with Crippen LogP contribution in [0.5, 0.6) is 0 Å². The van der Waals surface area contributed by atoms with Crippen LogP contribution in [-0.4, -0.2) is 41.0 Å². The van der Waals surface area contributed by atoms with Crippen molar-refractivity contribution in [3.63, 3.8) is 0 Å². The van der Waals surface area contributed by atoms with Crippen molar-refractivity contribution in [1.82, 2.24) is 15.3 Å². The maximum atomic E-state index is 11.7. The molecule has 0 aliphatic carbocycles. The van der Waals surface area contributed by atoms with E-state index in [1.807, 2.05) is 0 Å². The Labute approximate surface area is 123 Å². The minimum absolute atomic E-state index is 0.0670. The molecule has 1 saturated heterocycles. The fourth-order valence-corrected chi connectivity index (χ4v) is 3.57. The van der Waals surface area contributed by atoms with Crippen LogP contribution in [0.1, 0.15) is 32.4 Å². The van der Waals surface area contributed by atoms with Crippen LogP contribution in [0.2, 0.25) is 0 Å². The molecule has 5 nitrogen and oxygen atoms in total. The zero-order chi connectivity index (χ0) is 14.4. The number of thioether (sulfide) groups is 1. The van der Waals surface area contributed by atoms with Gasteiger partial charge >= 0.3 is 0 Å². The Balaban J connectivity index is 2.09. The summed E-state index contributed by atoms with van der Waals surface area (Å²) in [6.07, 6.45) is 2.84. The number of nitrogens with one attached hydrogen (secondary N) is 2. The van der Waals surface area contributed by atoms with Gasteiger partial charge in [0, 0.05) is 24.4 Å². The van der Waals surface area contributed by atoms with Crippen molar-refractivity contribution in [2.45, 2.75) is 49.6 Å². The largest absolute Gasteiger partial charge is 0.380 e. The Morgan fingerprint density at radius 1 is 1.55 bits per heavy atom. The molecule has 0 amide bonds. The number of nitrogens with zero attached hydrogens (tertiary/aromatic N) is 1. The number of aryl methyl sites for hydroxylation is 1. The van der Waals surface area contributed by atoms with Crippen molar-refractivity contribution in [2.24, 2.45) is 0 Å². The molecule has 1 aliphatic heterocycles. The second kappa shape index (κ2) is 7.81. The molecule has 6 heteroatoms. The van der Waals surface area contributed by atoms with Gasteiger partial charge in [-0.15, -0.1) is 0 Å². The third-order valence-electron chi connectivity index (χ3n) is 3.31. The first-order valence-corrected chi connectivity index (χ1v) is 8.19. The summed E-state index contributed by atoms with van der Waals surface area (Å²) in [5.41, 5.74) is 0.804. The summed E-state index contributed by atoms with van der Waals surface area (Å²) >= 11 is 1.61. The van der Waals surface area contributed by atoms with E-state index in [1.165, 1.54) is 0 Å². The van der Waals surface area contributed by atoms with Gasteiger partial charge in [-0.3, -0.25) is 4.79 Å². The molecule has 1 aromatic heterocycles. The molecule has 0 radical (unpaired) electrons. The molecular weight excluding hydrogens is 274 g/mol. The predicted octanol–water partition coefficient (Wildman–Crippen LogP) is 1.58. The number of hydrogen-bond donors (Lipinski definition) is 2. The summed E-state index contributed by atoms with van der Waals surface area (Å²) in [5.74, 6) is 0. The highest BCUT2D eigenvalue weighted by Gasteiger charge is 2.26. The first-order valence-electron chi connectivity index (χ1n) is 7.31. The predicted molar refractivity (Wildman–Crippen MR) is 81.4 cm³/mol. The molecule has 112 valence electrons. The van der Waals surface area contributed by atoms with E-state index in [0.717, 1.165) is 38.1 Å². The Morgan fingerprint density at radius 2 is 2.40 bits per heavy atom. The van der Waals surface area contributed by atoms with Gasteiger partial charge in [0.25, 0.3) is 5.56 Å². The van der Waals surface area contributed by atoms with Crippen molar-refractivity contribution in [1.29, 1.82) is 0 Å². The second-order valence-electron chi connectivity index (χ2n) is 4.98. The van der Waals surface area contributed by atoms with E-state index < -0.39 is 0 Å². The molecule has 0 bridgehead atoms. The third kappa shape index (κ3) is 4.33. The van der Waals surface area contributed by atoms with Gasteiger partial charge in [0.1, 0.15) is 0 Å². The van der Waals surface area contributed by atoms with E-state index in [-0.39, 0.29) is 5.56 Å². The molecule has 0 saturated carbocycles. The van der Waals surface area contributed by atoms with Crippen LogP contribution < -0.4 is 10.9 Å². The molecule has 2 rings (SSSR count). The first-order chi connectivity index (χ1) is 9.72. The molecule has 0 spiro atoms. The molecular formula is C14H23N3O2S. The third-order valence-corrected chi connectivity index (χ3v) is 4.50. The van der Waals surface area contributed by atoms with Gasteiger partial charge < -0.3 is 15.0 Å². The highest BCUT2D eigenvalue weighted by atomic mass is 32.2. The minimum atomic E-state index is -0.0670. The van der Waals surface area contributed by atoms with Gasteiger partial charge in [-0.2, -0.15) is 0 Å². The van der Waals surface area contributed by atoms with Crippen LogP contribution in [0.4, 0.5) is 0 Å². The Kier molecular flexibility index (Phi) is 6.06. The molecule has 1 fully saturated rings. The fourth-order valence-electron chi connectivity index (χ4n) is 2.39. The first kappa shape index (κ1) is 15.5. The molecule has 20 heavy (non-hydrogen) atoms. The van der Waals surface area contributed by atoms with Crippen molar-refractivity contribution in [3.05, 3.63) is 22.1 Å². The zero-order valence-electron chi connectivity index (χ0n) is 12.1. The van der Waals surface area contributed by atoms with Crippen molar-refractivity contribution < 1.29 is 4.74 Å². The fraction of sp³-hybridized carbons (Fsp3) is 0.714. The van der Waals surface area contributed by atoms with E-state index in [1.54, 1.807) is 17.8 Å². The molecule has 1 aromatic rings. The number of ether oxygens (including phenoxy) is 1. The summed E-state index contributed by atoms with van der Waals surface area (Å²) in [5, 5.41) is 4.49. The summed E-state index contributed by atoms with van der Waals surface area (Å²) in [7, 11) is 0. The van der Waals surface area contributed by atoms with Gasteiger partial charge in [0.15, 0.2) is 5.16 Å². The SMILES string of the molecule is CCCc1cc(=O)[nH]c(SC2COCCC2NCC)n1. The summed E-state index contributed by atoms with van der Waals surface area (Å²) in [6, 6.07) is 2.01. The summed E-state index contributed by atoms with van der Waals surface area (Å²) < 4.78 is 5.56. The minimum Gasteiger partial charge on any atom is -0.380 e. The highest BCUT2D eigenvalue weighted by molar-refractivity contribution is 7.99. The Bertz CT molecular complexity index is 476.